The van der Waals surface area contributed by atoms with Crippen molar-refractivity contribution in [3.8, 4) is 12.3 Å². The first kappa shape index (κ1) is 16.1. The zero-order valence-corrected chi connectivity index (χ0v) is 11.5. The van der Waals surface area contributed by atoms with Gasteiger partial charge in [0.05, 0.1) is 5.69 Å². The number of benzene rings is 1. The van der Waals surface area contributed by atoms with Gasteiger partial charge in [0.15, 0.2) is 0 Å². The lowest BCUT2D eigenvalue weighted by Gasteiger charge is -2.09. The van der Waals surface area contributed by atoms with Gasteiger partial charge in [-0.3, -0.25) is 4.79 Å². The summed E-state index contributed by atoms with van der Waals surface area (Å²) in [5.74, 6) is 1.36. The summed E-state index contributed by atoms with van der Waals surface area (Å²) in [6.07, 6.45) is 7.07. The molecular weight excluding hydrogens is 283 g/mol. The molecule has 0 aliphatic carbocycles. The molecule has 1 rings (SSSR count). The Hall–Kier alpha value is -1.91. The number of carbonyl (C=O) groups excluding carboxylic acids is 1. The first-order chi connectivity index (χ1) is 9.34. The molecule has 5 nitrogen and oxygen atoms in total. The highest BCUT2D eigenvalue weighted by Crippen LogP contribution is 2.21. The Labute approximate surface area is 117 Å². The number of sulfonamides is 1. The van der Waals surface area contributed by atoms with E-state index in [-0.39, 0.29) is 17.0 Å². The lowest BCUT2D eigenvalue weighted by atomic mass is 10.2. The fourth-order valence-electron chi connectivity index (χ4n) is 1.57. The maximum absolute atomic E-state index is 13.1. The monoisotopic (exact) mass is 298 g/mol. The quantitative estimate of drug-likeness (QED) is 0.617. The maximum atomic E-state index is 13.1. The van der Waals surface area contributed by atoms with Gasteiger partial charge in [-0.2, -0.15) is 0 Å². The van der Waals surface area contributed by atoms with E-state index >= 15 is 0 Å². The van der Waals surface area contributed by atoms with E-state index in [0.717, 1.165) is 18.2 Å². The summed E-state index contributed by atoms with van der Waals surface area (Å²) in [5, 5.41) is 7.34. The highest BCUT2D eigenvalue weighted by molar-refractivity contribution is 7.89. The number of unbranched alkanes of at least 4 members (excludes halogenated alkanes) is 2. The average molecular weight is 298 g/mol. The molecule has 0 aliphatic rings. The highest BCUT2D eigenvalue weighted by Gasteiger charge is 2.16. The number of carbonyl (C=O) groups is 1. The van der Waals surface area contributed by atoms with Crippen molar-refractivity contribution in [2.45, 2.75) is 30.6 Å². The standard InChI is InChI=1S/C13H15FN2O3S/c1-2-3-4-5-6-13(17)16-11-9-10(14)7-8-12(11)20(15,18)19/h1,7-9H,3-6H2,(H,16,17)(H2,15,18,19). The Morgan fingerprint density at radius 1 is 1.40 bits per heavy atom. The van der Waals surface area contributed by atoms with Gasteiger partial charge in [0.25, 0.3) is 0 Å². The van der Waals surface area contributed by atoms with Crippen molar-refractivity contribution >= 4 is 21.6 Å². The predicted molar refractivity (Wildman–Crippen MR) is 73.7 cm³/mol. The third kappa shape index (κ3) is 4.99. The topological polar surface area (TPSA) is 89.3 Å². The van der Waals surface area contributed by atoms with Gasteiger partial charge in [-0.05, 0) is 31.0 Å². The largest absolute Gasteiger partial charge is 0.325 e. The molecule has 0 unspecified atom stereocenters. The van der Waals surface area contributed by atoms with Crippen LogP contribution in [0.25, 0.3) is 0 Å². The van der Waals surface area contributed by atoms with E-state index < -0.39 is 21.7 Å². The average Bonchev–Trinajstić information content (AvgIpc) is 2.33. The lowest BCUT2D eigenvalue weighted by Crippen LogP contribution is -2.18. The zero-order valence-electron chi connectivity index (χ0n) is 10.7. The smallest absolute Gasteiger partial charge is 0.240 e. The Morgan fingerprint density at radius 2 is 2.10 bits per heavy atom. The molecule has 0 saturated heterocycles. The summed E-state index contributed by atoms with van der Waals surface area (Å²) in [5.41, 5.74) is -0.158. The van der Waals surface area contributed by atoms with E-state index in [4.69, 9.17) is 11.6 Å². The van der Waals surface area contributed by atoms with Gasteiger partial charge in [0, 0.05) is 12.8 Å². The summed E-state index contributed by atoms with van der Waals surface area (Å²) in [6.45, 7) is 0. The van der Waals surface area contributed by atoms with Crippen molar-refractivity contribution in [3.05, 3.63) is 24.0 Å². The molecule has 0 fully saturated rings. The van der Waals surface area contributed by atoms with Crippen LogP contribution in [-0.4, -0.2) is 14.3 Å². The van der Waals surface area contributed by atoms with Crippen LogP contribution in [0.1, 0.15) is 25.7 Å². The second-order valence-corrected chi connectivity index (χ2v) is 5.67. The molecule has 20 heavy (non-hydrogen) atoms. The first-order valence-electron chi connectivity index (χ1n) is 5.90. The number of rotatable bonds is 6. The molecule has 0 bridgehead atoms. The Kier molecular flexibility index (Phi) is 5.67. The Bertz CT molecular complexity index is 636. The van der Waals surface area contributed by atoms with Crippen LogP contribution in [0.4, 0.5) is 10.1 Å². The van der Waals surface area contributed by atoms with Crippen LogP contribution in [0.2, 0.25) is 0 Å². The van der Waals surface area contributed by atoms with Crippen LogP contribution in [0.15, 0.2) is 23.1 Å². The second kappa shape index (κ2) is 7.03. The summed E-state index contributed by atoms with van der Waals surface area (Å²) in [4.78, 5) is 11.3. The molecule has 108 valence electrons. The van der Waals surface area contributed by atoms with Crippen molar-refractivity contribution in [1.82, 2.24) is 0 Å². The van der Waals surface area contributed by atoms with Crippen LogP contribution in [0, 0.1) is 18.2 Å². The SMILES string of the molecule is C#CCCCCC(=O)Nc1cc(F)ccc1S(N)(=O)=O. The number of nitrogens with one attached hydrogen (secondary N) is 1. The summed E-state index contributed by atoms with van der Waals surface area (Å²) in [6, 6.07) is 2.89. The van der Waals surface area contributed by atoms with Gasteiger partial charge in [0.1, 0.15) is 10.7 Å². The van der Waals surface area contributed by atoms with Crippen molar-refractivity contribution in [2.75, 3.05) is 5.32 Å². The minimum atomic E-state index is -4.03. The molecule has 0 atom stereocenters. The number of nitrogens with two attached hydrogens (primary N) is 1. The van der Waals surface area contributed by atoms with Gasteiger partial charge in [-0.1, -0.05) is 0 Å². The van der Waals surface area contributed by atoms with Crippen molar-refractivity contribution in [3.63, 3.8) is 0 Å². The molecule has 3 N–H and O–H groups in total. The van der Waals surface area contributed by atoms with E-state index in [1.807, 2.05) is 0 Å². The minimum absolute atomic E-state index is 0.158. The minimum Gasteiger partial charge on any atom is -0.325 e. The van der Waals surface area contributed by atoms with Gasteiger partial charge in [-0.15, -0.1) is 12.3 Å². The molecule has 0 heterocycles. The Morgan fingerprint density at radius 3 is 2.70 bits per heavy atom. The number of amides is 1. The van der Waals surface area contributed by atoms with Crippen LogP contribution >= 0.6 is 0 Å². The van der Waals surface area contributed by atoms with Crippen molar-refractivity contribution < 1.29 is 17.6 Å². The van der Waals surface area contributed by atoms with Crippen LogP contribution < -0.4 is 10.5 Å². The van der Waals surface area contributed by atoms with Gasteiger partial charge in [-0.25, -0.2) is 17.9 Å². The number of anilines is 1. The fourth-order valence-corrected chi connectivity index (χ4v) is 2.25. The van der Waals surface area contributed by atoms with E-state index in [9.17, 15) is 17.6 Å². The Balaban J connectivity index is 2.79. The summed E-state index contributed by atoms with van der Waals surface area (Å²) in [7, 11) is -4.03. The molecular formula is C13H15FN2O3S. The van der Waals surface area contributed by atoms with E-state index in [0.29, 0.717) is 19.3 Å². The third-order valence-electron chi connectivity index (χ3n) is 2.50. The molecule has 1 aromatic carbocycles. The number of primary sulfonamides is 1. The maximum Gasteiger partial charge on any atom is 0.240 e. The van der Waals surface area contributed by atoms with Gasteiger partial charge >= 0.3 is 0 Å². The molecule has 0 radical (unpaired) electrons. The van der Waals surface area contributed by atoms with Crippen molar-refractivity contribution in [2.24, 2.45) is 5.14 Å². The molecule has 0 spiro atoms. The number of hydrogen-bond acceptors (Lipinski definition) is 3. The molecule has 0 aliphatic heterocycles. The predicted octanol–water partition coefficient (Wildman–Crippen LogP) is 1.61. The van der Waals surface area contributed by atoms with E-state index in [2.05, 4.69) is 11.2 Å². The summed E-state index contributed by atoms with van der Waals surface area (Å²) >= 11 is 0. The number of terminal acetylenes is 1. The molecule has 1 aromatic rings. The van der Waals surface area contributed by atoms with Crippen LogP contribution in [0.3, 0.4) is 0 Å². The molecule has 1 amide bonds. The molecule has 0 aromatic heterocycles. The second-order valence-electron chi connectivity index (χ2n) is 4.14. The number of halogens is 1. The lowest BCUT2D eigenvalue weighted by molar-refractivity contribution is -0.116. The fraction of sp³-hybridized carbons (Fsp3) is 0.308. The molecule has 0 saturated carbocycles. The van der Waals surface area contributed by atoms with Crippen molar-refractivity contribution in [1.29, 1.82) is 0 Å². The van der Waals surface area contributed by atoms with Gasteiger partial charge in [0.2, 0.25) is 15.9 Å². The zero-order chi connectivity index (χ0) is 15.2. The van der Waals surface area contributed by atoms with Gasteiger partial charge < -0.3 is 5.32 Å². The van der Waals surface area contributed by atoms with E-state index in [1.165, 1.54) is 0 Å². The van der Waals surface area contributed by atoms with Crippen LogP contribution in [-0.2, 0) is 14.8 Å². The van der Waals surface area contributed by atoms with E-state index in [1.54, 1.807) is 0 Å². The third-order valence-corrected chi connectivity index (χ3v) is 3.47. The summed E-state index contributed by atoms with van der Waals surface area (Å²) < 4.78 is 35.8. The number of hydrogen-bond donors (Lipinski definition) is 2. The van der Waals surface area contributed by atoms with Crippen LogP contribution in [0.5, 0.6) is 0 Å². The molecule has 7 heteroatoms. The first-order valence-corrected chi connectivity index (χ1v) is 7.45. The highest BCUT2D eigenvalue weighted by atomic mass is 32.2. The normalized spacial score (nSPS) is 10.8.